The van der Waals surface area contributed by atoms with Gasteiger partial charge in [-0.15, -0.1) is 0 Å². The molecule has 3 nitrogen and oxygen atoms in total. The van der Waals surface area contributed by atoms with Crippen molar-refractivity contribution in [3.05, 3.63) is 29.8 Å². The van der Waals surface area contributed by atoms with E-state index in [4.69, 9.17) is 32.1 Å². The van der Waals surface area contributed by atoms with Gasteiger partial charge in [-0.25, -0.2) is 0 Å². The lowest BCUT2D eigenvalue weighted by Crippen LogP contribution is -1.98. The van der Waals surface area contributed by atoms with E-state index < -0.39 is 12.8 Å². The summed E-state index contributed by atoms with van der Waals surface area (Å²) in [5, 5.41) is 8.56. The van der Waals surface area contributed by atoms with E-state index in [1.807, 2.05) is 19.9 Å². The van der Waals surface area contributed by atoms with Crippen LogP contribution in [0.1, 0.15) is 25.8 Å². The van der Waals surface area contributed by atoms with Crippen LogP contribution in [0.3, 0.4) is 0 Å². The molecule has 0 aliphatic carbocycles. The fraction of sp³-hybridized carbons (Fsp3) is 0.364. The SMILES string of the molecule is CC.O=C(O)CCc1ccccc1OP(Cl)Cl. The highest BCUT2D eigenvalue weighted by atomic mass is 35.9. The Hall–Kier alpha value is -0.500. The van der Waals surface area contributed by atoms with Crippen molar-refractivity contribution in [3.8, 4) is 5.75 Å². The molecular weight excluding hydrogens is 282 g/mol. The third-order valence-electron chi connectivity index (χ3n) is 1.75. The molecule has 0 radical (unpaired) electrons. The third-order valence-corrected chi connectivity index (χ3v) is 2.50. The molecule has 0 spiro atoms. The number of rotatable bonds is 5. The summed E-state index contributed by atoms with van der Waals surface area (Å²) in [6.45, 7) is 2.48. The first-order valence-electron chi connectivity index (χ1n) is 5.19. The van der Waals surface area contributed by atoms with Gasteiger partial charge in [0.2, 0.25) is 0 Å². The van der Waals surface area contributed by atoms with Crippen molar-refractivity contribution in [1.29, 1.82) is 0 Å². The molecule has 1 aromatic rings. The van der Waals surface area contributed by atoms with E-state index in [9.17, 15) is 4.79 Å². The second-order valence-corrected chi connectivity index (χ2v) is 5.74. The fourth-order valence-corrected chi connectivity index (χ4v) is 1.89. The van der Waals surface area contributed by atoms with Crippen LogP contribution in [0.5, 0.6) is 5.75 Å². The number of carbonyl (C=O) groups is 1. The molecule has 0 unspecified atom stereocenters. The lowest BCUT2D eigenvalue weighted by molar-refractivity contribution is -0.136. The molecule has 0 saturated heterocycles. The standard InChI is InChI=1S/C9H9Cl2O3P.C2H6/c10-15(11)14-8-4-2-1-3-7(8)5-6-9(12)13;1-2/h1-4H,5-6H2,(H,12,13);1-2H3. The van der Waals surface area contributed by atoms with Crippen LogP contribution < -0.4 is 4.52 Å². The molecule has 1 N–H and O–H groups in total. The Morgan fingerprint density at radius 3 is 2.47 bits per heavy atom. The molecule has 0 bridgehead atoms. The van der Waals surface area contributed by atoms with Crippen LogP contribution in [-0.4, -0.2) is 11.1 Å². The van der Waals surface area contributed by atoms with Crippen molar-refractivity contribution in [3.63, 3.8) is 0 Å². The Kier molecular flexibility index (Phi) is 9.24. The van der Waals surface area contributed by atoms with Crippen LogP contribution in [0.4, 0.5) is 0 Å². The molecule has 0 aliphatic rings. The highest BCUT2D eigenvalue weighted by molar-refractivity contribution is 8.00. The van der Waals surface area contributed by atoms with Crippen LogP contribution in [0, 0.1) is 0 Å². The van der Waals surface area contributed by atoms with Gasteiger partial charge in [0.25, 0.3) is 6.85 Å². The van der Waals surface area contributed by atoms with E-state index in [1.54, 1.807) is 18.2 Å². The average molecular weight is 297 g/mol. The molecule has 1 aromatic carbocycles. The normalized spacial score (nSPS) is 9.47. The monoisotopic (exact) mass is 296 g/mol. The van der Waals surface area contributed by atoms with Crippen molar-refractivity contribution < 1.29 is 14.4 Å². The maximum absolute atomic E-state index is 10.4. The smallest absolute Gasteiger partial charge is 0.303 e. The minimum absolute atomic E-state index is 0.0584. The van der Waals surface area contributed by atoms with Gasteiger partial charge in [-0.2, -0.15) is 0 Å². The molecular formula is C11H15Cl2O3P. The highest BCUT2D eigenvalue weighted by Gasteiger charge is 2.08. The van der Waals surface area contributed by atoms with Crippen LogP contribution >= 0.6 is 29.3 Å². The molecule has 0 amide bonds. The lowest BCUT2D eigenvalue weighted by Gasteiger charge is -2.09. The zero-order valence-electron chi connectivity index (χ0n) is 9.69. The topological polar surface area (TPSA) is 46.5 Å². The van der Waals surface area contributed by atoms with Gasteiger partial charge in [0.05, 0.1) is 0 Å². The fourth-order valence-electron chi connectivity index (χ4n) is 1.12. The van der Waals surface area contributed by atoms with Gasteiger partial charge >= 0.3 is 5.97 Å². The molecule has 0 fully saturated rings. The minimum atomic E-state index is -1.52. The second kappa shape index (κ2) is 9.52. The number of carboxylic acids is 1. The molecule has 0 aliphatic heterocycles. The minimum Gasteiger partial charge on any atom is -0.481 e. The molecule has 0 aromatic heterocycles. The maximum Gasteiger partial charge on any atom is 0.303 e. The van der Waals surface area contributed by atoms with E-state index in [2.05, 4.69) is 0 Å². The largest absolute Gasteiger partial charge is 0.481 e. The number of aliphatic carboxylic acids is 1. The van der Waals surface area contributed by atoms with Crippen molar-refractivity contribution in [2.75, 3.05) is 0 Å². The maximum atomic E-state index is 10.4. The van der Waals surface area contributed by atoms with Crippen LogP contribution in [0.15, 0.2) is 24.3 Å². The predicted molar refractivity (Wildman–Crippen MR) is 73.0 cm³/mol. The van der Waals surface area contributed by atoms with Crippen molar-refractivity contribution in [2.45, 2.75) is 26.7 Å². The summed E-state index contributed by atoms with van der Waals surface area (Å²) in [5.41, 5.74) is 0.800. The van der Waals surface area contributed by atoms with Crippen LogP contribution in [0.25, 0.3) is 0 Å². The third kappa shape index (κ3) is 7.43. The van der Waals surface area contributed by atoms with Crippen molar-refractivity contribution in [2.24, 2.45) is 0 Å². The number of aryl methyl sites for hydroxylation is 1. The number of halogens is 2. The van der Waals surface area contributed by atoms with E-state index in [1.165, 1.54) is 0 Å². The van der Waals surface area contributed by atoms with Gasteiger partial charge in [-0.3, -0.25) is 4.79 Å². The summed E-state index contributed by atoms with van der Waals surface area (Å²) in [4.78, 5) is 10.4. The van der Waals surface area contributed by atoms with Gasteiger partial charge in [0.1, 0.15) is 5.75 Å². The quantitative estimate of drug-likeness (QED) is 0.793. The Morgan fingerprint density at radius 1 is 1.35 bits per heavy atom. The van der Waals surface area contributed by atoms with E-state index >= 15 is 0 Å². The summed E-state index contributed by atoms with van der Waals surface area (Å²) in [6.07, 6.45) is 0.464. The van der Waals surface area contributed by atoms with Crippen LogP contribution in [0.2, 0.25) is 0 Å². The van der Waals surface area contributed by atoms with E-state index in [0.717, 1.165) is 5.56 Å². The molecule has 0 atom stereocenters. The van der Waals surface area contributed by atoms with Crippen molar-refractivity contribution >= 4 is 35.3 Å². The van der Waals surface area contributed by atoms with Crippen molar-refractivity contribution in [1.82, 2.24) is 0 Å². The molecule has 6 heteroatoms. The first kappa shape index (κ1) is 16.5. The molecule has 0 heterocycles. The lowest BCUT2D eigenvalue weighted by atomic mass is 10.1. The highest BCUT2D eigenvalue weighted by Crippen LogP contribution is 2.48. The summed E-state index contributed by atoms with van der Waals surface area (Å²) < 4.78 is 5.18. The number of carboxylic acid groups (broad SMARTS) is 1. The molecule has 1 rings (SSSR count). The Labute approximate surface area is 112 Å². The second-order valence-electron chi connectivity index (χ2n) is 2.79. The van der Waals surface area contributed by atoms with Gasteiger partial charge in [-0.05, 0) is 40.5 Å². The zero-order valence-corrected chi connectivity index (χ0v) is 12.1. The van der Waals surface area contributed by atoms with Gasteiger partial charge < -0.3 is 9.63 Å². The number of hydrogen-bond donors (Lipinski definition) is 1. The molecule has 96 valence electrons. The Balaban J connectivity index is 0.00000121. The Morgan fingerprint density at radius 2 is 1.94 bits per heavy atom. The summed E-state index contributed by atoms with van der Waals surface area (Å²) >= 11 is 11.1. The number of benzene rings is 1. The van der Waals surface area contributed by atoms with Crippen LogP contribution in [-0.2, 0) is 11.2 Å². The van der Waals surface area contributed by atoms with Gasteiger partial charge in [-0.1, -0.05) is 32.0 Å². The summed E-state index contributed by atoms with van der Waals surface area (Å²) in [7, 11) is 0. The predicted octanol–water partition coefficient (Wildman–Crippen LogP) is 4.81. The van der Waals surface area contributed by atoms with Gasteiger partial charge in [0, 0.05) is 6.42 Å². The number of para-hydroxylation sites is 1. The Bertz CT molecular complexity index is 345. The zero-order chi connectivity index (χ0) is 13.3. The van der Waals surface area contributed by atoms with E-state index in [0.29, 0.717) is 12.2 Å². The first-order valence-corrected chi connectivity index (χ1v) is 8.26. The molecule has 17 heavy (non-hydrogen) atoms. The first-order chi connectivity index (χ1) is 8.09. The summed E-state index contributed by atoms with van der Waals surface area (Å²) in [6, 6.07) is 7.11. The van der Waals surface area contributed by atoms with E-state index in [-0.39, 0.29) is 6.42 Å². The summed E-state index contributed by atoms with van der Waals surface area (Å²) in [5.74, 6) is -0.293. The number of hydrogen-bond acceptors (Lipinski definition) is 2. The van der Waals surface area contributed by atoms with Gasteiger partial charge in [0.15, 0.2) is 0 Å². The average Bonchev–Trinajstić information content (AvgIpc) is 2.30. The molecule has 0 saturated carbocycles.